The Morgan fingerprint density at radius 3 is 2.36 bits per heavy atom. The van der Waals surface area contributed by atoms with Crippen molar-refractivity contribution < 1.29 is 9.13 Å². The first kappa shape index (κ1) is 10.2. The molecule has 0 aliphatic rings. The van der Waals surface area contributed by atoms with E-state index in [-0.39, 0.29) is 11.9 Å². The molecule has 0 unspecified atom stereocenters. The Bertz CT molecular complexity index is 168. The number of ether oxygens (including phenoxy) is 1. The Balaban J connectivity index is 4.01. The van der Waals surface area contributed by atoms with Crippen molar-refractivity contribution >= 4 is 0 Å². The highest BCUT2D eigenvalue weighted by Crippen LogP contribution is 2.06. The minimum Gasteiger partial charge on any atom is -0.496 e. The molecule has 0 amide bonds. The fourth-order valence-electron chi connectivity index (χ4n) is 0.683. The molecule has 64 valence electrons. The molecule has 0 aromatic heterocycles. The van der Waals surface area contributed by atoms with E-state index < -0.39 is 0 Å². The van der Waals surface area contributed by atoms with Crippen LogP contribution >= 0.6 is 0 Å². The molecule has 2 heteroatoms. The smallest absolute Gasteiger partial charge is 0.122 e. The molecular formula is C9H15FO. The Morgan fingerprint density at radius 2 is 2.00 bits per heavy atom. The van der Waals surface area contributed by atoms with Crippen molar-refractivity contribution in [2.24, 2.45) is 0 Å². The van der Waals surface area contributed by atoms with Gasteiger partial charge in [0.15, 0.2) is 0 Å². The monoisotopic (exact) mass is 158 g/mol. The summed E-state index contributed by atoms with van der Waals surface area (Å²) in [5.41, 5.74) is 0. The van der Waals surface area contributed by atoms with Crippen LogP contribution in [0.4, 0.5) is 4.39 Å². The zero-order valence-corrected chi connectivity index (χ0v) is 7.52. The lowest BCUT2D eigenvalue weighted by Gasteiger charge is -2.08. The van der Waals surface area contributed by atoms with Crippen LogP contribution in [0.25, 0.3) is 0 Å². The highest BCUT2D eigenvalue weighted by atomic mass is 19.1. The van der Waals surface area contributed by atoms with Crippen molar-refractivity contribution in [3.63, 3.8) is 0 Å². The third-order valence-corrected chi connectivity index (χ3v) is 1.04. The van der Waals surface area contributed by atoms with Gasteiger partial charge in [-0.1, -0.05) is 6.08 Å². The first-order chi connectivity index (χ1) is 5.06. The molecule has 0 N–H and O–H groups in total. The van der Waals surface area contributed by atoms with Crippen molar-refractivity contribution in [1.82, 2.24) is 0 Å². The van der Waals surface area contributed by atoms with E-state index in [1.54, 1.807) is 13.8 Å². The van der Waals surface area contributed by atoms with Crippen LogP contribution in [-0.2, 0) is 4.74 Å². The van der Waals surface area contributed by atoms with Gasteiger partial charge in [0.1, 0.15) is 5.83 Å². The zero-order valence-electron chi connectivity index (χ0n) is 7.52. The number of rotatable bonds is 3. The largest absolute Gasteiger partial charge is 0.496 e. The molecule has 0 rings (SSSR count). The van der Waals surface area contributed by atoms with Gasteiger partial charge in [0.2, 0.25) is 0 Å². The molecule has 0 aromatic rings. The van der Waals surface area contributed by atoms with E-state index in [0.29, 0.717) is 5.76 Å². The predicted molar refractivity (Wildman–Crippen MR) is 44.8 cm³/mol. The molecular weight excluding hydrogens is 143 g/mol. The van der Waals surface area contributed by atoms with E-state index in [9.17, 15) is 4.39 Å². The third-order valence-electron chi connectivity index (χ3n) is 1.04. The van der Waals surface area contributed by atoms with Crippen molar-refractivity contribution in [3.8, 4) is 0 Å². The van der Waals surface area contributed by atoms with Crippen LogP contribution in [0.15, 0.2) is 23.7 Å². The lowest BCUT2D eigenvalue weighted by Crippen LogP contribution is -1.99. The van der Waals surface area contributed by atoms with Crippen molar-refractivity contribution in [3.05, 3.63) is 23.7 Å². The Labute approximate surface area is 67.6 Å². The number of allylic oxidation sites excluding steroid dienone is 4. The summed E-state index contributed by atoms with van der Waals surface area (Å²) in [5, 5.41) is 0. The quantitative estimate of drug-likeness (QED) is 0.452. The van der Waals surface area contributed by atoms with Crippen LogP contribution < -0.4 is 0 Å². The van der Waals surface area contributed by atoms with E-state index in [4.69, 9.17) is 4.74 Å². The van der Waals surface area contributed by atoms with Crippen LogP contribution in [0.3, 0.4) is 0 Å². The summed E-state index contributed by atoms with van der Waals surface area (Å²) in [5.74, 6) is 0.346. The van der Waals surface area contributed by atoms with Gasteiger partial charge in [-0.25, -0.2) is 4.39 Å². The van der Waals surface area contributed by atoms with Crippen molar-refractivity contribution in [1.29, 1.82) is 0 Å². The number of hydrogen-bond donors (Lipinski definition) is 0. The minimum absolute atomic E-state index is 0.107. The van der Waals surface area contributed by atoms with Crippen LogP contribution in [0.1, 0.15) is 27.7 Å². The van der Waals surface area contributed by atoms with Gasteiger partial charge >= 0.3 is 0 Å². The summed E-state index contributed by atoms with van der Waals surface area (Å²) in [6, 6.07) is 0. The topological polar surface area (TPSA) is 9.23 Å². The lowest BCUT2D eigenvalue weighted by atomic mass is 10.4. The van der Waals surface area contributed by atoms with Gasteiger partial charge in [0, 0.05) is 6.08 Å². The lowest BCUT2D eigenvalue weighted by molar-refractivity contribution is 0.148. The van der Waals surface area contributed by atoms with E-state index in [2.05, 4.69) is 0 Å². The van der Waals surface area contributed by atoms with Gasteiger partial charge in [-0.2, -0.15) is 0 Å². The van der Waals surface area contributed by atoms with Gasteiger partial charge in [-0.05, 0) is 27.7 Å². The molecule has 1 nitrogen and oxygen atoms in total. The molecule has 0 heterocycles. The standard InChI is InChI=1S/C9H15FO/c1-5-9(10)6-8(4)11-7(2)3/h5-7H,1-4H3. The third kappa shape index (κ3) is 5.64. The molecule has 0 saturated heterocycles. The van der Waals surface area contributed by atoms with E-state index in [1.807, 2.05) is 13.8 Å². The minimum atomic E-state index is -0.261. The Morgan fingerprint density at radius 1 is 1.45 bits per heavy atom. The highest BCUT2D eigenvalue weighted by Gasteiger charge is 1.95. The summed E-state index contributed by atoms with van der Waals surface area (Å²) in [4.78, 5) is 0. The van der Waals surface area contributed by atoms with Gasteiger partial charge in [0.05, 0.1) is 11.9 Å². The summed E-state index contributed by atoms with van der Waals surface area (Å²) < 4.78 is 17.7. The SMILES string of the molecule is CC=C(F)C=C(C)OC(C)C. The maximum atomic E-state index is 12.5. The van der Waals surface area contributed by atoms with Crippen LogP contribution in [0, 0.1) is 0 Å². The first-order valence-electron chi connectivity index (χ1n) is 3.73. The molecule has 0 bridgehead atoms. The molecule has 0 aromatic carbocycles. The number of halogens is 1. The first-order valence-corrected chi connectivity index (χ1v) is 3.73. The highest BCUT2D eigenvalue weighted by molar-refractivity contribution is 5.12. The van der Waals surface area contributed by atoms with Crippen LogP contribution in [0.2, 0.25) is 0 Å². The predicted octanol–water partition coefficient (Wildman–Crippen LogP) is 3.19. The number of hydrogen-bond acceptors (Lipinski definition) is 1. The summed E-state index contributed by atoms with van der Waals surface area (Å²) in [7, 11) is 0. The molecule has 11 heavy (non-hydrogen) atoms. The Hall–Kier alpha value is -0.790. The summed E-state index contributed by atoms with van der Waals surface area (Å²) in [6.45, 7) is 7.20. The fraction of sp³-hybridized carbons (Fsp3) is 0.556. The van der Waals surface area contributed by atoms with Gasteiger partial charge in [-0.15, -0.1) is 0 Å². The summed E-state index contributed by atoms with van der Waals surface area (Å²) >= 11 is 0. The molecule has 0 fully saturated rings. The molecule has 0 radical (unpaired) electrons. The maximum absolute atomic E-state index is 12.5. The van der Waals surface area contributed by atoms with E-state index >= 15 is 0 Å². The van der Waals surface area contributed by atoms with Gasteiger partial charge in [0.25, 0.3) is 0 Å². The molecule has 0 atom stereocenters. The summed E-state index contributed by atoms with van der Waals surface area (Å²) in [6.07, 6.45) is 2.88. The second kappa shape index (κ2) is 4.94. The molecule has 0 spiro atoms. The second-order valence-electron chi connectivity index (χ2n) is 2.60. The average molecular weight is 158 g/mol. The molecule has 0 saturated carbocycles. The Kier molecular flexibility index (Phi) is 4.59. The van der Waals surface area contributed by atoms with E-state index in [1.165, 1.54) is 12.2 Å². The van der Waals surface area contributed by atoms with Crippen molar-refractivity contribution in [2.75, 3.05) is 0 Å². The van der Waals surface area contributed by atoms with Gasteiger partial charge < -0.3 is 4.74 Å². The van der Waals surface area contributed by atoms with E-state index in [0.717, 1.165) is 0 Å². The average Bonchev–Trinajstić information content (AvgIpc) is 1.85. The fourth-order valence-corrected chi connectivity index (χ4v) is 0.683. The van der Waals surface area contributed by atoms with Gasteiger partial charge in [-0.3, -0.25) is 0 Å². The molecule has 0 aliphatic heterocycles. The molecule has 0 aliphatic carbocycles. The maximum Gasteiger partial charge on any atom is 0.122 e. The van der Waals surface area contributed by atoms with Crippen molar-refractivity contribution in [2.45, 2.75) is 33.8 Å². The normalized spacial score (nSPS) is 14.0. The zero-order chi connectivity index (χ0) is 8.85. The van der Waals surface area contributed by atoms with Crippen LogP contribution in [-0.4, -0.2) is 6.10 Å². The van der Waals surface area contributed by atoms with Crippen LogP contribution in [0.5, 0.6) is 0 Å². The second-order valence-corrected chi connectivity index (χ2v) is 2.60.